The lowest BCUT2D eigenvalue weighted by molar-refractivity contribution is -0.143. The van der Waals surface area contributed by atoms with E-state index in [0.717, 1.165) is 21.1 Å². The van der Waals surface area contributed by atoms with E-state index in [1.165, 1.54) is 32.9 Å². The van der Waals surface area contributed by atoms with Crippen molar-refractivity contribution < 1.29 is 19.5 Å². The third kappa shape index (κ3) is 5.28. The molecule has 0 spiro atoms. The van der Waals surface area contributed by atoms with Crippen molar-refractivity contribution in [3.8, 4) is 0 Å². The predicted molar refractivity (Wildman–Crippen MR) is 140 cm³/mol. The summed E-state index contributed by atoms with van der Waals surface area (Å²) in [5.74, 6) is -1.43. The fourth-order valence-corrected chi connectivity index (χ4v) is 7.12. The summed E-state index contributed by atoms with van der Waals surface area (Å²) >= 11 is 8.74. The van der Waals surface area contributed by atoms with Gasteiger partial charge in [-0.05, 0) is 49.0 Å². The van der Waals surface area contributed by atoms with Crippen LogP contribution in [0.25, 0.3) is 0 Å². The number of rotatable bonds is 8. The minimum Gasteiger partial charge on any atom is -0.480 e. The van der Waals surface area contributed by atoms with E-state index in [1.807, 2.05) is 6.92 Å². The van der Waals surface area contributed by atoms with Crippen LogP contribution in [-0.2, 0) is 14.4 Å². The summed E-state index contributed by atoms with van der Waals surface area (Å²) in [6.07, 6.45) is 1.58. The predicted octanol–water partition coefficient (Wildman–Crippen LogP) is 1.21. The first-order valence-electron chi connectivity index (χ1n) is 10.2. The van der Waals surface area contributed by atoms with Gasteiger partial charge in [-0.2, -0.15) is 0 Å². The van der Waals surface area contributed by atoms with Crippen LogP contribution in [-0.4, -0.2) is 72.1 Å². The molecule has 2 aromatic rings. The van der Waals surface area contributed by atoms with Crippen LogP contribution in [0.2, 0.25) is 0 Å². The summed E-state index contributed by atoms with van der Waals surface area (Å²) in [4.78, 5) is 40.8. The molecule has 11 nitrogen and oxygen atoms in total. The Labute approximate surface area is 218 Å². The Bertz CT molecular complexity index is 1200. The van der Waals surface area contributed by atoms with Gasteiger partial charge in [-0.15, -0.1) is 22.0 Å². The van der Waals surface area contributed by atoms with Crippen molar-refractivity contribution in [3.05, 3.63) is 41.0 Å². The van der Waals surface area contributed by atoms with Crippen molar-refractivity contribution in [1.82, 2.24) is 15.1 Å². The van der Waals surface area contributed by atoms with Crippen LogP contribution in [0.1, 0.15) is 5.01 Å². The average molecular weight is 552 g/mol. The maximum Gasteiger partial charge on any atom is 0.321 e. The molecule has 1 fully saturated rings. The molecule has 1 aromatic heterocycles. The first-order valence-corrected chi connectivity index (χ1v) is 13.4. The number of thioether (sulfide) groups is 2. The first-order chi connectivity index (χ1) is 16.7. The molecule has 1 aromatic carbocycles. The number of carbonyl (C=O) groups excluding carboxylic acids is 2. The number of carboxylic acid groups (broad SMARTS) is 1. The summed E-state index contributed by atoms with van der Waals surface area (Å²) in [5.41, 5.74) is 12.8. The number of nitrogens with two attached hydrogens (primary N) is 2. The maximum absolute atomic E-state index is 13.2. The van der Waals surface area contributed by atoms with Crippen molar-refractivity contribution in [1.29, 1.82) is 0 Å². The Balaban J connectivity index is 1.57. The molecule has 0 bridgehead atoms. The third-order valence-electron chi connectivity index (χ3n) is 5.20. The number of aromatic nitrogens is 2. The van der Waals surface area contributed by atoms with Crippen LogP contribution in [0.15, 0.2) is 40.4 Å². The average Bonchev–Trinajstić information content (AvgIpc) is 3.25. The number of aliphatic carboxylic acids is 1. The molecule has 4 rings (SSSR count). The fraction of sp³-hybridized carbons (Fsp3) is 0.300. The van der Waals surface area contributed by atoms with Crippen molar-refractivity contribution in [3.63, 3.8) is 0 Å². The lowest BCUT2D eigenvalue weighted by Gasteiger charge is -2.52. The van der Waals surface area contributed by atoms with E-state index >= 15 is 0 Å². The number of thiocarbonyl (C=S) groups is 1. The van der Waals surface area contributed by atoms with Crippen LogP contribution in [0.5, 0.6) is 0 Å². The lowest BCUT2D eigenvalue weighted by atomic mass is 10.0. The molecule has 3 atom stereocenters. The smallest absolute Gasteiger partial charge is 0.321 e. The molecule has 15 heteroatoms. The third-order valence-corrected chi connectivity index (χ3v) is 8.88. The van der Waals surface area contributed by atoms with E-state index in [0.29, 0.717) is 22.7 Å². The van der Waals surface area contributed by atoms with Gasteiger partial charge in [0.05, 0.1) is 6.54 Å². The summed E-state index contributed by atoms with van der Waals surface area (Å²) in [6, 6.07) is 5.75. The highest BCUT2D eigenvalue weighted by Gasteiger charge is 2.55. The largest absolute Gasteiger partial charge is 0.480 e. The molecule has 2 aliphatic heterocycles. The molecule has 0 aliphatic carbocycles. The molecule has 0 saturated carbocycles. The summed E-state index contributed by atoms with van der Waals surface area (Å²) in [5, 5.41) is 20.2. The van der Waals surface area contributed by atoms with Crippen LogP contribution in [0, 0.1) is 6.92 Å². The molecular formula is C20H21N7O4S4. The van der Waals surface area contributed by atoms with Gasteiger partial charge in [-0.3, -0.25) is 19.3 Å². The van der Waals surface area contributed by atoms with E-state index in [4.69, 9.17) is 23.7 Å². The van der Waals surface area contributed by atoms with Crippen LogP contribution < -0.4 is 21.7 Å². The molecule has 2 aliphatic rings. The van der Waals surface area contributed by atoms with E-state index in [-0.39, 0.29) is 17.6 Å². The molecular weight excluding hydrogens is 531 g/mol. The minimum atomic E-state index is -1.02. The second-order valence-corrected chi connectivity index (χ2v) is 11.6. The number of nitrogens with zero attached hydrogens (tertiary/aromatic N) is 4. The van der Waals surface area contributed by atoms with Gasteiger partial charge in [0.25, 0.3) is 5.91 Å². The topological polar surface area (TPSA) is 168 Å². The number of hydrogen-bond acceptors (Lipinski definition) is 10. The normalized spacial score (nSPS) is 21.0. The summed E-state index contributed by atoms with van der Waals surface area (Å²) in [7, 11) is 0. The number of nitrogens with one attached hydrogen (secondary N) is 1. The van der Waals surface area contributed by atoms with Crippen molar-refractivity contribution >= 4 is 81.3 Å². The minimum absolute atomic E-state index is 0.0952. The van der Waals surface area contributed by atoms with E-state index < -0.39 is 28.5 Å². The number of amides is 2. The van der Waals surface area contributed by atoms with Crippen LogP contribution in [0.3, 0.4) is 0 Å². The zero-order chi connectivity index (χ0) is 25.3. The van der Waals surface area contributed by atoms with Crippen molar-refractivity contribution in [2.24, 2.45) is 11.5 Å². The summed E-state index contributed by atoms with van der Waals surface area (Å²) in [6.45, 7) is 1.53. The molecule has 2 unspecified atom stereocenters. The van der Waals surface area contributed by atoms with Gasteiger partial charge in [-0.25, -0.2) is 0 Å². The van der Waals surface area contributed by atoms with Gasteiger partial charge in [0.15, 0.2) is 9.45 Å². The van der Waals surface area contributed by atoms with E-state index in [9.17, 15) is 19.5 Å². The molecule has 6 N–H and O–H groups in total. The Hall–Kier alpha value is -2.72. The van der Waals surface area contributed by atoms with Gasteiger partial charge in [0.1, 0.15) is 21.7 Å². The number of β-lactam (4-membered cyclic amide) rings is 1. The highest BCUT2D eigenvalue weighted by molar-refractivity contribution is 8.02. The fourth-order valence-electron chi connectivity index (χ4n) is 3.68. The monoisotopic (exact) mass is 551 g/mol. The first kappa shape index (κ1) is 25.4. The van der Waals surface area contributed by atoms with Gasteiger partial charge >= 0.3 is 5.97 Å². The van der Waals surface area contributed by atoms with Crippen molar-refractivity contribution in [2.45, 2.75) is 27.9 Å². The van der Waals surface area contributed by atoms with Crippen LogP contribution in [0.4, 0.5) is 11.4 Å². The van der Waals surface area contributed by atoms with Gasteiger partial charge < -0.3 is 26.8 Å². The van der Waals surface area contributed by atoms with Gasteiger partial charge in [0.2, 0.25) is 5.91 Å². The number of hydrogen-bond donors (Lipinski definition) is 4. The highest BCUT2D eigenvalue weighted by Crippen LogP contribution is 2.45. The standard InChI is InChI=1S/C20H21N7O4S4/c1-9-24-25-20(34-9)33-8-10-7-26-16(29)14(17(26)35-15(10)18(30)31)27(13(28)6-21)12-4-2-11(3-5-12)23-19(22)32/h2-5,7,14-15,17H,6,8,21H2,1H3,(H,30,31)(H3,22,23,32)/t14?,15?,17-/m1/s1. The Morgan fingerprint density at radius 1 is 1.31 bits per heavy atom. The number of anilines is 2. The zero-order valence-electron chi connectivity index (χ0n) is 18.3. The molecule has 2 amide bonds. The maximum atomic E-state index is 13.2. The number of aryl methyl sites for hydroxylation is 1. The van der Waals surface area contributed by atoms with Crippen LogP contribution >= 0.6 is 47.1 Å². The number of carboxylic acids is 1. The van der Waals surface area contributed by atoms with Gasteiger partial charge in [0, 0.05) is 23.3 Å². The quantitative estimate of drug-likeness (QED) is 0.211. The lowest BCUT2D eigenvalue weighted by Crippen LogP contribution is -2.71. The highest BCUT2D eigenvalue weighted by atomic mass is 32.2. The Morgan fingerprint density at radius 2 is 2.03 bits per heavy atom. The Morgan fingerprint density at radius 3 is 2.60 bits per heavy atom. The SMILES string of the molecule is Cc1nnc(SCC2=CN3C(=O)C(N(C(=O)CN)c4ccc(NC(N)=S)cc4)[C@H]3SC2C(=O)O)s1. The Kier molecular flexibility index (Phi) is 7.61. The number of benzene rings is 1. The molecule has 0 radical (unpaired) electrons. The second kappa shape index (κ2) is 10.5. The molecule has 1 saturated heterocycles. The molecule has 184 valence electrons. The zero-order valence-corrected chi connectivity index (χ0v) is 21.5. The number of fused-ring (bicyclic) bond motifs is 1. The van der Waals surface area contributed by atoms with Crippen molar-refractivity contribution in [2.75, 3.05) is 22.5 Å². The molecule has 35 heavy (non-hydrogen) atoms. The molecule has 3 heterocycles. The summed E-state index contributed by atoms with van der Waals surface area (Å²) < 4.78 is 0.723. The van der Waals surface area contributed by atoms with Gasteiger partial charge in [-0.1, -0.05) is 23.1 Å². The van der Waals surface area contributed by atoms with E-state index in [1.54, 1.807) is 30.5 Å². The number of carbonyl (C=O) groups is 3. The van der Waals surface area contributed by atoms with E-state index in [2.05, 4.69) is 15.5 Å². The second-order valence-electron chi connectivity index (χ2n) is 7.52.